The summed E-state index contributed by atoms with van der Waals surface area (Å²) < 4.78 is 5.31. The van der Waals surface area contributed by atoms with Gasteiger partial charge in [-0.05, 0) is 24.4 Å². The van der Waals surface area contributed by atoms with Gasteiger partial charge in [0.05, 0.1) is 45.0 Å². The van der Waals surface area contributed by atoms with Gasteiger partial charge in [0.1, 0.15) is 0 Å². The molecule has 1 fully saturated rings. The number of thiocarbonyl (C=S) groups is 1. The van der Waals surface area contributed by atoms with E-state index in [4.69, 9.17) is 28.6 Å². The Morgan fingerprint density at radius 2 is 1.68 bits per heavy atom. The van der Waals surface area contributed by atoms with E-state index in [-0.39, 0.29) is 32.8 Å². The summed E-state index contributed by atoms with van der Waals surface area (Å²) >= 11 is 11.2. The summed E-state index contributed by atoms with van der Waals surface area (Å²) in [4.78, 5) is 35.6. The first-order valence-corrected chi connectivity index (χ1v) is 9.72. The number of morpholine rings is 1. The van der Waals surface area contributed by atoms with Crippen molar-refractivity contribution in [3.05, 3.63) is 67.2 Å². The lowest BCUT2D eigenvalue weighted by molar-refractivity contribution is -0.385. The Hall–Kier alpha value is -3.35. The Balaban J connectivity index is 1.80. The highest BCUT2D eigenvalue weighted by atomic mass is 35.5. The van der Waals surface area contributed by atoms with E-state index in [0.29, 0.717) is 32.0 Å². The number of nitro groups is 2. The largest absolute Gasteiger partial charge is 0.378 e. The van der Waals surface area contributed by atoms with Crippen LogP contribution in [0.5, 0.6) is 0 Å². The fourth-order valence-electron chi connectivity index (χ4n) is 2.94. The summed E-state index contributed by atoms with van der Waals surface area (Å²) in [7, 11) is 0. The third-order valence-corrected chi connectivity index (χ3v) is 4.94. The van der Waals surface area contributed by atoms with Crippen LogP contribution in [0.25, 0.3) is 0 Å². The van der Waals surface area contributed by atoms with Gasteiger partial charge < -0.3 is 15.0 Å². The minimum atomic E-state index is -0.652. The normalized spacial score (nSPS) is 13.4. The van der Waals surface area contributed by atoms with Crippen molar-refractivity contribution in [2.75, 3.05) is 36.5 Å². The van der Waals surface area contributed by atoms with Crippen LogP contribution in [0.15, 0.2) is 36.4 Å². The van der Waals surface area contributed by atoms with Crippen LogP contribution in [0.1, 0.15) is 10.4 Å². The average Bonchev–Trinajstić information content (AvgIpc) is 2.75. The predicted molar refractivity (Wildman–Crippen MR) is 118 cm³/mol. The highest BCUT2D eigenvalue weighted by Crippen LogP contribution is 2.28. The standard InChI is InChI=1S/C18H16ClN5O6S/c19-14-10-12(24(28)29)1-3-15(14)20-18(31)21-17(25)13-9-11(23(26)27)2-4-16(13)22-5-7-30-8-6-22/h1-4,9-10H,5-8H2,(H2,20,21,25,31). The van der Waals surface area contributed by atoms with Crippen molar-refractivity contribution < 1.29 is 19.4 Å². The van der Waals surface area contributed by atoms with Crippen molar-refractivity contribution in [2.24, 2.45) is 0 Å². The molecule has 0 aromatic heterocycles. The lowest BCUT2D eigenvalue weighted by Crippen LogP contribution is -2.39. The van der Waals surface area contributed by atoms with Crippen molar-refractivity contribution in [3.63, 3.8) is 0 Å². The number of halogens is 1. The molecule has 162 valence electrons. The van der Waals surface area contributed by atoms with Crippen molar-refractivity contribution >= 4 is 57.6 Å². The monoisotopic (exact) mass is 465 g/mol. The molecule has 31 heavy (non-hydrogen) atoms. The molecular weight excluding hydrogens is 450 g/mol. The molecule has 2 N–H and O–H groups in total. The number of benzene rings is 2. The summed E-state index contributed by atoms with van der Waals surface area (Å²) in [5, 5.41) is 27.1. The Morgan fingerprint density at radius 1 is 1.06 bits per heavy atom. The van der Waals surface area contributed by atoms with Gasteiger partial charge in [0.15, 0.2) is 5.11 Å². The first-order chi connectivity index (χ1) is 14.8. The molecule has 1 saturated heterocycles. The molecule has 1 heterocycles. The van der Waals surface area contributed by atoms with Gasteiger partial charge in [-0.2, -0.15) is 0 Å². The number of nitrogens with zero attached hydrogens (tertiary/aromatic N) is 3. The Morgan fingerprint density at radius 3 is 2.29 bits per heavy atom. The van der Waals surface area contributed by atoms with Gasteiger partial charge in [-0.3, -0.25) is 30.3 Å². The third-order valence-electron chi connectivity index (χ3n) is 4.43. The maximum atomic E-state index is 12.9. The van der Waals surface area contributed by atoms with Crippen molar-refractivity contribution in [1.82, 2.24) is 5.32 Å². The molecule has 0 radical (unpaired) electrons. The fourth-order valence-corrected chi connectivity index (χ4v) is 3.37. The lowest BCUT2D eigenvalue weighted by atomic mass is 10.1. The van der Waals surface area contributed by atoms with Crippen molar-refractivity contribution in [2.45, 2.75) is 0 Å². The van der Waals surface area contributed by atoms with Crippen molar-refractivity contribution in [3.8, 4) is 0 Å². The molecule has 2 aromatic rings. The van der Waals surface area contributed by atoms with Crippen LogP contribution in [-0.4, -0.2) is 47.2 Å². The second-order valence-electron chi connectivity index (χ2n) is 6.39. The number of rotatable bonds is 5. The molecule has 0 unspecified atom stereocenters. The zero-order valence-corrected chi connectivity index (χ0v) is 17.4. The number of non-ortho nitro benzene ring substituents is 2. The number of nitrogens with one attached hydrogen (secondary N) is 2. The van der Waals surface area contributed by atoms with Crippen LogP contribution in [0.3, 0.4) is 0 Å². The van der Waals surface area contributed by atoms with Gasteiger partial charge in [0, 0.05) is 37.4 Å². The molecule has 13 heteroatoms. The molecular formula is C18H16ClN5O6S. The molecule has 2 aromatic carbocycles. The van der Waals surface area contributed by atoms with Gasteiger partial charge in [-0.1, -0.05) is 11.6 Å². The minimum Gasteiger partial charge on any atom is -0.378 e. The zero-order valence-electron chi connectivity index (χ0n) is 15.9. The summed E-state index contributed by atoms with van der Waals surface area (Å²) in [6.07, 6.45) is 0. The topological polar surface area (TPSA) is 140 Å². The Labute approximate surface area is 186 Å². The molecule has 0 bridgehead atoms. The molecule has 1 amide bonds. The number of nitro benzene ring substituents is 2. The van der Waals surface area contributed by atoms with Crippen LogP contribution in [0.2, 0.25) is 5.02 Å². The molecule has 0 aliphatic carbocycles. The van der Waals surface area contributed by atoms with Crippen LogP contribution >= 0.6 is 23.8 Å². The van der Waals surface area contributed by atoms with Crippen LogP contribution in [0.4, 0.5) is 22.7 Å². The Bertz CT molecular complexity index is 1060. The van der Waals surface area contributed by atoms with E-state index in [9.17, 15) is 25.0 Å². The number of carbonyl (C=O) groups is 1. The number of anilines is 2. The molecule has 1 aliphatic rings. The van der Waals surface area contributed by atoms with E-state index in [2.05, 4.69) is 10.6 Å². The number of ether oxygens (including phenoxy) is 1. The fraction of sp³-hybridized carbons (Fsp3) is 0.222. The molecule has 0 atom stereocenters. The predicted octanol–water partition coefficient (Wildman–Crippen LogP) is 3.12. The summed E-state index contributed by atoms with van der Waals surface area (Å²) in [5.74, 6) is -0.652. The molecule has 0 spiro atoms. The molecule has 0 saturated carbocycles. The second kappa shape index (κ2) is 9.64. The maximum Gasteiger partial charge on any atom is 0.271 e. The molecule has 3 rings (SSSR count). The maximum absolute atomic E-state index is 12.9. The second-order valence-corrected chi connectivity index (χ2v) is 7.20. The van der Waals surface area contributed by atoms with E-state index >= 15 is 0 Å². The Kier molecular flexibility index (Phi) is 6.95. The zero-order chi connectivity index (χ0) is 22.5. The minimum absolute atomic E-state index is 0.0372. The smallest absolute Gasteiger partial charge is 0.271 e. The third kappa shape index (κ3) is 5.42. The first-order valence-electron chi connectivity index (χ1n) is 8.93. The summed E-state index contributed by atoms with van der Waals surface area (Å²) in [5.41, 5.74) is 0.416. The molecule has 11 nitrogen and oxygen atoms in total. The van der Waals surface area contributed by atoms with E-state index in [1.807, 2.05) is 4.90 Å². The van der Waals surface area contributed by atoms with E-state index in [1.54, 1.807) is 0 Å². The van der Waals surface area contributed by atoms with Crippen LogP contribution in [-0.2, 0) is 4.74 Å². The van der Waals surface area contributed by atoms with Gasteiger partial charge in [0.2, 0.25) is 0 Å². The summed E-state index contributed by atoms with van der Waals surface area (Å²) in [6.45, 7) is 1.99. The van der Waals surface area contributed by atoms with Crippen molar-refractivity contribution in [1.29, 1.82) is 0 Å². The van der Waals surface area contributed by atoms with Gasteiger partial charge >= 0.3 is 0 Å². The quantitative estimate of drug-likeness (QED) is 0.387. The highest BCUT2D eigenvalue weighted by molar-refractivity contribution is 7.80. The SMILES string of the molecule is O=C(NC(=S)Nc1ccc([N+](=O)[O-])cc1Cl)c1cc([N+](=O)[O-])ccc1N1CCOCC1. The van der Waals surface area contributed by atoms with Gasteiger partial charge in [-0.15, -0.1) is 0 Å². The highest BCUT2D eigenvalue weighted by Gasteiger charge is 2.23. The van der Waals surface area contributed by atoms with Gasteiger partial charge in [-0.25, -0.2) is 0 Å². The van der Waals surface area contributed by atoms with Gasteiger partial charge in [0.25, 0.3) is 17.3 Å². The number of carbonyl (C=O) groups excluding carboxylic acids is 1. The van der Waals surface area contributed by atoms with E-state index in [0.717, 1.165) is 6.07 Å². The van der Waals surface area contributed by atoms with Crippen LogP contribution < -0.4 is 15.5 Å². The van der Waals surface area contributed by atoms with E-state index in [1.165, 1.54) is 30.3 Å². The molecule has 1 aliphatic heterocycles. The van der Waals surface area contributed by atoms with Crippen LogP contribution in [0, 0.1) is 20.2 Å². The summed E-state index contributed by atoms with van der Waals surface area (Å²) in [6, 6.07) is 7.75. The lowest BCUT2D eigenvalue weighted by Gasteiger charge is -2.30. The number of amides is 1. The number of hydrogen-bond donors (Lipinski definition) is 2. The first kappa shape index (κ1) is 22.3. The van der Waals surface area contributed by atoms with E-state index < -0.39 is 15.8 Å². The number of hydrogen-bond acceptors (Lipinski definition) is 8. The average molecular weight is 466 g/mol.